The Morgan fingerprint density at radius 3 is 2.48 bits per heavy atom. The summed E-state index contributed by atoms with van der Waals surface area (Å²) in [5.41, 5.74) is 5.13. The smallest absolute Gasteiger partial charge is 0.368 e. The van der Waals surface area contributed by atoms with Crippen LogP contribution in [0.2, 0.25) is 5.15 Å². The second-order valence-corrected chi connectivity index (χ2v) is 7.70. The lowest BCUT2D eigenvalue weighted by Gasteiger charge is -2.15. The normalized spacial score (nSPS) is 11.1. The predicted octanol–water partition coefficient (Wildman–Crippen LogP) is 3.47. The SMILES string of the molecule is CCc1cccc(-n2nnn(C)c2=O)c1COc1ccc(-c2cc(Cl)n(C)n2)cc1C. The van der Waals surface area contributed by atoms with Crippen LogP contribution in [-0.2, 0) is 27.1 Å². The van der Waals surface area contributed by atoms with Gasteiger partial charge in [-0.15, -0.1) is 0 Å². The molecule has 2 aromatic carbocycles. The van der Waals surface area contributed by atoms with Crippen LogP contribution in [0, 0.1) is 6.92 Å². The Labute approximate surface area is 184 Å². The molecule has 0 aliphatic carbocycles. The number of rotatable bonds is 6. The quantitative estimate of drug-likeness (QED) is 0.460. The highest BCUT2D eigenvalue weighted by atomic mass is 35.5. The molecule has 0 amide bonds. The van der Waals surface area contributed by atoms with Gasteiger partial charge in [0.2, 0.25) is 0 Å². The molecular weight excluding hydrogens is 416 g/mol. The topological polar surface area (TPSA) is 79.8 Å². The standard InChI is InChI=1S/C22H23ClN6O2/c1-5-15-7-6-8-19(29-22(30)28(4)25-26-29)17(15)13-31-20-10-9-16(11-14(20)2)18-12-21(23)27(3)24-18/h6-12H,5,13H2,1-4H3. The summed E-state index contributed by atoms with van der Waals surface area (Å²) in [5, 5.41) is 12.8. The summed E-state index contributed by atoms with van der Waals surface area (Å²) < 4.78 is 10.3. The van der Waals surface area contributed by atoms with Gasteiger partial charge in [-0.05, 0) is 59.2 Å². The van der Waals surface area contributed by atoms with Crippen LogP contribution in [0.15, 0.2) is 47.3 Å². The molecule has 8 nitrogen and oxygen atoms in total. The van der Waals surface area contributed by atoms with E-state index in [4.69, 9.17) is 16.3 Å². The molecule has 0 aliphatic heterocycles. The van der Waals surface area contributed by atoms with Gasteiger partial charge in [0.25, 0.3) is 0 Å². The van der Waals surface area contributed by atoms with E-state index in [0.29, 0.717) is 17.4 Å². The van der Waals surface area contributed by atoms with E-state index in [2.05, 4.69) is 22.4 Å². The number of tetrazole rings is 1. The van der Waals surface area contributed by atoms with E-state index in [1.165, 1.54) is 9.36 Å². The maximum atomic E-state index is 12.4. The predicted molar refractivity (Wildman–Crippen MR) is 119 cm³/mol. The first-order chi connectivity index (χ1) is 14.9. The average Bonchev–Trinajstić information content (AvgIpc) is 3.28. The van der Waals surface area contributed by atoms with Gasteiger partial charge < -0.3 is 4.74 Å². The number of aryl methyl sites for hydroxylation is 4. The van der Waals surface area contributed by atoms with Crippen LogP contribution in [0.25, 0.3) is 16.9 Å². The highest BCUT2D eigenvalue weighted by Gasteiger charge is 2.15. The molecule has 2 heterocycles. The van der Waals surface area contributed by atoms with Gasteiger partial charge in [-0.3, -0.25) is 4.68 Å². The van der Waals surface area contributed by atoms with Crippen LogP contribution in [0.1, 0.15) is 23.6 Å². The van der Waals surface area contributed by atoms with Gasteiger partial charge in [-0.25, -0.2) is 4.79 Å². The summed E-state index contributed by atoms with van der Waals surface area (Å²) in [5.74, 6) is 0.758. The van der Waals surface area contributed by atoms with Crippen molar-refractivity contribution in [3.63, 3.8) is 0 Å². The number of ether oxygens (including phenoxy) is 1. The summed E-state index contributed by atoms with van der Waals surface area (Å²) in [6.07, 6.45) is 0.805. The fourth-order valence-electron chi connectivity index (χ4n) is 3.49. The Bertz CT molecular complexity index is 1280. The first-order valence-corrected chi connectivity index (χ1v) is 10.3. The molecule has 9 heteroatoms. The largest absolute Gasteiger partial charge is 0.489 e. The van der Waals surface area contributed by atoms with Gasteiger partial charge in [0.15, 0.2) is 0 Å². The molecule has 0 atom stereocenters. The van der Waals surface area contributed by atoms with E-state index < -0.39 is 0 Å². The van der Waals surface area contributed by atoms with E-state index in [1.54, 1.807) is 18.8 Å². The third-order valence-electron chi connectivity index (χ3n) is 5.24. The second kappa shape index (κ2) is 8.39. The Morgan fingerprint density at radius 1 is 1.06 bits per heavy atom. The highest BCUT2D eigenvalue weighted by molar-refractivity contribution is 6.29. The van der Waals surface area contributed by atoms with E-state index in [0.717, 1.165) is 40.1 Å². The minimum absolute atomic E-state index is 0.302. The van der Waals surface area contributed by atoms with Gasteiger partial charge in [0.1, 0.15) is 17.5 Å². The van der Waals surface area contributed by atoms with Gasteiger partial charge in [0.05, 0.1) is 11.4 Å². The fraction of sp³-hybridized carbons (Fsp3) is 0.273. The lowest BCUT2D eigenvalue weighted by molar-refractivity contribution is 0.302. The van der Waals surface area contributed by atoms with Crippen molar-refractivity contribution in [2.24, 2.45) is 14.1 Å². The van der Waals surface area contributed by atoms with Crippen molar-refractivity contribution in [3.8, 4) is 22.7 Å². The first kappa shape index (κ1) is 20.9. The molecule has 4 aromatic rings. The zero-order valence-electron chi connectivity index (χ0n) is 17.8. The second-order valence-electron chi connectivity index (χ2n) is 7.31. The molecule has 0 spiro atoms. The maximum absolute atomic E-state index is 12.4. The molecule has 0 N–H and O–H groups in total. The van der Waals surface area contributed by atoms with E-state index in [9.17, 15) is 4.79 Å². The monoisotopic (exact) mass is 438 g/mol. The molecule has 160 valence electrons. The van der Waals surface area contributed by atoms with E-state index in [1.807, 2.05) is 49.4 Å². The molecule has 0 unspecified atom stereocenters. The molecule has 0 saturated heterocycles. The molecule has 0 fully saturated rings. The van der Waals surface area contributed by atoms with Crippen molar-refractivity contribution in [1.82, 2.24) is 29.6 Å². The van der Waals surface area contributed by atoms with Crippen molar-refractivity contribution in [2.45, 2.75) is 26.9 Å². The third-order valence-corrected chi connectivity index (χ3v) is 5.60. The van der Waals surface area contributed by atoms with Crippen LogP contribution in [0.5, 0.6) is 5.75 Å². The van der Waals surface area contributed by atoms with Crippen LogP contribution in [0.4, 0.5) is 0 Å². The lowest BCUT2D eigenvalue weighted by Crippen LogP contribution is -2.23. The molecule has 0 bridgehead atoms. The fourth-order valence-corrected chi connectivity index (χ4v) is 3.63. The van der Waals surface area contributed by atoms with Crippen LogP contribution in [0.3, 0.4) is 0 Å². The summed E-state index contributed by atoms with van der Waals surface area (Å²) in [7, 11) is 3.38. The Kier molecular flexibility index (Phi) is 5.65. The Morgan fingerprint density at radius 2 is 1.87 bits per heavy atom. The molecule has 2 aromatic heterocycles. The maximum Gasteiger partial charge on any atom is 0.368 e. The number of aromatic nitrogens is 6. The van der Waals surface area contributed by atoms with Gasteiger partial charge in [-0.1, -0.05) is 30.7 Å². The summed E-state index contributed by atoms with van der Waals surface area (Å²) in [6.45, 7) is 4.36. The number of benzene rings is 2. The van der Waals surface area contributed by atoms with Crippen molar-refractivity contribution in [1.29, 1.82) is 0 Å². The molecule has 0 aliphatic rings. The summed E-state index contributed by atoms with van der Waals surface area (Å²) in [6, 6.07) is 13.5. The molecule has 0 radical (unpaired) electrons. The van der Waals surface area contributed by atoms with Crippen LogP contribution >= 0.6 is 11.6 Å². The molecule has 31 heavy (non-hydrogen) atoms. The van der Waals surface area contributed by atoms with E-state index in [-0.39, 0.29) is 5.69 Å². The number of nitrogens with zero attached hydrogens (tertiary/aromatic N) is 6. The minimum atomic E-state index is -0.302. The van der Waals surface area contributed by atoms with Crippen molar-refractivity contribution in [3.05, 3.63) is 74.8 Å². The molecular formula is C22H23ClN6O2. The lowest BCUT2D eigenvalue weighted by atomic mass is 10.0. The molecule has 4 rings (SSSR count). The third kappa shape index (κ3) is 3.98. The van der Waals surface area contributed by atoms with Gasteiger partial charge in [0, 0.05) is 31.3 Å². The Balaban J connectivity index is 1.63. The van der Waals surface area contributed by atoms with Crippen molar-refractivity contribution in [2.75, 3.05) is 0 Å². The highest BCUT2D eigenvalue weighted by Crippen LogP contribution is 2.28. The van der Waals surface area contributed by atoms with Gasteiger partial charge in [-0.2, -0.15) is 14.5 Å². The van der Waals surface area contributed by atoms with Gasteiger partial charge >= 0.3 is 5.69 Å². The van der Waals surface area contributed by atoms with Crippen molar-refractivity contribution < 1.29 is 4.74 Å². The number of halogens is 1. The summed E-state index contributed by atoms with van der Waals surface area (Å²) >= 11 is 6.11. The Hall–Kier alpha value is -3.39. The van der Waals surface area contributed by atoms with Crippen LogP contribution < -0.4 is 10.4 Å². The van der Waals surface area contributed by atoms with Crippen LogP contribution in [-0.4, -0.2) is 29.6 Å². The zero-order chi connectivity index (χ0) is 22.1. The number of hydrogen-bond acceptors (Lipinski definition) is 5. The van der Waals surface area contributed by atoms with E-state index >= 15 is 0 Å². The zero-order valence-corrected chi connectivity index (χ0v) is 18.6. The summed E-state index contributed by atoms with van der Waals surface area (Å²) in [4.78, 5) is 12.4. The number of hydrogen-bond donors (Lipinski definition) is 0. The van der Waals surface area contributed by atoms with Crippen molar-refractivity contribution >= 4 is 11.6 Å². The first-order valence-electron chi connectivity index (χ1n) is 9.92. The molecule has 0 saturated carbocycles. The minimum Gasteiger partial charge on any atom is -0.489 e. The average molecular weight is 439 g/mol.